The van der Waals surface area contributed by atoms with Crippen LogP contribution in [0.25, 0.3) is 0 Å². The Morgan fingerprint density at radius 3 is 2.28 bits per heavy atom. The minimum atomic E-state index is -2.71. The van der Waals surface area contributed by atoms with Crippen LogP contribution in [-0.2, 0) is 4.79 Å². The van der Waals surface area contributed by atoms with Crippen molar-refractivity contribution in [3.05, 3.63) is 12.1 Å². The van der Waals surface area contributed by atoms with Crippen LogP contribution in [0.3, 0.4) is 0 Å². The Bertz CT molecular complexity index is 428. The molecule has 0 radical (unpaired) electrons. The van der Waals surface area contributed by atoms with E-state index < -0.39 is 29.6 Å². The Balaban J connectivity index is 1.97. The van der Waals surface area contributed by atoms with Crippen molar-refractivity contribution < 1.29 is 28.6 Å². The Kier molecular flexibility index (Phi) is 3.14. The van der Waals surface area contributed by atoms with E-state index >= 15 is 0 Å². The predicted molar refractivity (Wildman–Crippen MR) is 56.3 cm³/mol. The summed E-state index contributed by atoms with van der Waals surface area (Å²) in [6.07, 6.45) is -0.629. The van der Waals surface area contributed by atoms with Gasteiger partial charge in [-0.05, 0) is 12.8 Å². The van der Waals surface area contributed by atoms with Crippen LogP contribution in [0, 0.1) is 5.92 Å². The van der Waals surface area contributed by atoms with Gasteiger partial charge in [0.2, 0.25) is 17.7 Å². The van der Waals surface area contributed by atoms with Crippen LogP contribution in [0.4, 0.5) is 8.78 Å². The Hall–Kier alpha value is -1.79. The van der Waals surface area contributed by atoms with Crippen LogP contribution in [0.1, 0.15) is 25.7 Å². The molecular formula is C11H13F2NO4. The zero-order valence-electron chi connectivity index (χ0n) is 9.47. The van der Waals surface area contributed by atoms with Crippen LogP contribution in [0.5, 0.6) is 11.8 Å². The van der Waals surface area contributed by atoms with Crippen molar-refractivity contribution in [2.75, 3.05) is 0 Å². The summed E-state index contributed by atoms with van der Waals surface area (Å²) in [5, 5.41) is 18.5. The molecule has 0 saturated heterocycles. The lowest BCUT2D eigenvalue weighted by Gasteiger charge is -2.26. The van der Waals surface area contributed by atoms with Crippen molar-refractivity contribution in [1.82, 2.24) is 4.73 Å². The Morgan fingerprint density at radius 2 is 1.78 bits per heavy atom. The van der Waals surface area contributed by atoms with Gasteiger partial charge in [0.15, 0.2) is 0 Å². The maximum Gasteiger partial charge on any atom is 0.336 e. The van der Waals surface area contributed by atoms with Gasteiger partial charge < -0.3 is 15.1 Å². The highest BCUT2D eigenvalue weighted by atomic mass is 19.3. The van der Waals surface area contributed by atoms with Gasteiger partial charge in [-0.2, -0.15) is 0 Å². The topological polar surface area (TPSA) is 71.7 Å². The first-order valence-electron chi connectivity index (χ1n) is 5.59. The summed E-state index contributed by atoms with van der Waals surface area (Å²) in [6, 6.07) is 2.30. The van der Waals surface area contributed by atoms with Crippen molar-refractivity contribution in [2.24, 2.45) is 5.92 Å². The lowest BCUT2D eigenvalue weighted by Crippen LogP contribution is -2.33. The maximum absolute atomic E-state index is 12.9. The highest BCUT2D eigenvalue weighted by molar-refractivity contribution is 5.73. The molecule has 1 heterocycles. The monoisotopic (exact) mass is 261 g/mol. The Morgan fingerprint density at radius 1 is 1.28 bits per heavy atom. The van der Waals surface area contributed by atoms with E-state index in [-0.39, 0.29) is 25.7 Å². The van der Waals surface area contributed by atoms with Crippen LogP contribution in [0.2, 0.25) is 0 Å². The second kappa shape index (κ2) is 4.47. The van der Waals surface area contributed by atoms with E-state index in [0.717, 1.165) is 12.1 Å². The van der Waals surface area contributed by atoms with Crippen molar-refractivity contribution in [1.29, 1.82) is 0 Å². The molecule has 2 N–H and O–H groups in total. The first-order valence-corrected chi connectivity index (χ1v) is 5.59. The molecule has 0 atom stereocenters. The molecular weight excluding hydrogens is 248 g/mol. The summed E-state index contributed by atoms with van der Waals surface area (Å²) in [4.78, 5) is 16.4. The largest absolute Gasteiger partial charge is 0.492 e. The average molecular weight is 261 g/mol. The quantitative estimate of drug-likeness (QED) is 0.849. The van der Waals surface area contributed by atoms with Gasteiger partial charge in [-0.25, -0.2) is 13.6 Å². The molecule has 1 aliphatic carbocycles. The van der Waals surface area contributed by atoms with Gasteiger partial charge in [-0.3, -0.25) is 0 Å². The molecule has 18 heavy (non-hydrogen) atoms. The minimum absolute atomic E-state index is 0.0363. The highest BCUT2D eigenvalue weighted by Crippen LogP contribution is 2.36. The van der Waals surface area contributed by atoms with Crippen molar-refractivity contribution in [3.63, 3.8) is 0 Å². The van der Waals surface area contributed by atoms with Crippen LogP contribution < -0.4 is 4.84 Å². The average Bonchev–Trinajstić information content (AvgIpc) is 2.60. The van der Waals surface area contributed by atoms with E-state index in [2.05, 4.69) is 0 Å². The van der Waals surface area contributed by atoms with Gasteiger partial charge in [-0.1, -0.05) is 0 Å². The van der Waals surface area contributed by atoms with Crippen molar-refractivity contribution in [3.8, 4) is 11.8 Å². The van der Waals surface area contributed by atoms with Gasteiger partial charge in [0, 0.05) is 25.0 Å². The fourth-order valence-corrected chi connectivity index (χ4v) is 1.94. The smallest absolute Gasteiger partial charge is 0.336 e. The summed E-state index contributed by atoms with van der Waals surface area (Å²) in [5.74, 6) is -4.93. The van der Waals surface area contributed by atoms with E-state index in [1.807, 2.05) is 0 Å². The van der Waals surface area contributed by atoms with E-state index in [1.54, 1.807) is 0 Å². The van der Waals surface area contributed by atoms with Gasteiger partial charge in [-0.15, -0.1) is 4.73 Å². The number of rotatable bonds is 2. The zero-order valence-corrected chi connectivity index (χ0v) is 9.47. The minimum Gasteiger partial charge on any atom is -0.492 e. The molecule has 1 aliphatic rings. The van der Waals surface area contributed by atoms with Gasteiger partial charge in [0.1, 0.15) is 0 Å². The number of nitrogens with zero attached hydrogens (tertiary/aromatic N) is 1. The number of alkyl halides is 2. The van der Waals surface area contributed by atoms with E-state index in [1.165, 1.54) is 0 Å². The fraction of sp³-hybridized carbons (Fsp3) is 0.545. The van der Waals surface area contributed by atoms with Gasteiger partial charge in [0.25, 0.3) is 0 Å². The zero-order chi connectivity index (χ0) is 13.3. The number of aromatic nitrogens is 1. The third-order valence-electron chi connectivity index (χ3n) is 3.03. The molecule has 100 valence electrons. The van der Waals surface area contributed by atoms with Crippen LogP contribution in [-0.4, -0.2) is 26.8 Å². The van der Waals surface area contributed by atoms with Crippen molar-refractivity contribution >= 4 is 5.97 Å². The van der Waals surface area contributed by atoms with Crippen LogP contribution in [0.15, 0.2) is 12.1 Å². The lowest BCUT2D eigenvalue weighted by atomic mass is 9.87. The molecule has 5 nitrogen and oxygen atoms in total. The summed E-state index contributed by atoms with van der Waals surface area (Å²) in [5.41, 5.74) is 0. The molecule has 7 heteroatoms. The summed E-state index contributed by atoms with van der Waals surface area (Å²) < 4.78 is 26.4. The first kappa shape index (κ1) is 12.7. The second-order valence-corrected chi connectivity index (χ2v) is 4.38. The molecule has 0 unspecified atom stereocenters. The van der Waals surface area contributed by atoms with Gasteiger partial charge in [0.05, 0.1) is 5.92 Å². The SMILES string of the molecule is O=C(On1c(O)ccc1O)C1CCC(F)(F)CC1. The number of carbonyl (C=O) groups is 1. The number of hydrogen-bond acceptors (Lipinski definition) is 4. The standard InChI is InChI=1S/C11H13F2NO4/c12-11(13)5-3-7(4-6-11)10(17)18-14-8(15)1-2-9(14)16/h1-2,7,15-16H,3-6H2. The third-order valence-corrected chi connectivity index (χ3v) is 3.03. The first-order chi connectivity index (χ1) is 8.39. The molecule has 0 amide bonds. The molecule has 1 aromatic rings. The normalized spacial score (nSPS) is 19.7. The number of halogens is 2. The molecule has 0 bridgehead atoms. The summed E-state index contributed by atoms with van der Waals surface area (Å²) >= 11 is 0. The molecule has 0 aliphatic heterocycles. The number of aromatic hydroxyl groups is 2. The lowest BCUT2D eigenvalue weighted by molar-refractivity contribution is -0.154. The Labute approximate surface area is 102 Å². The summed E-state index contributed by atoms with van der Waals surface area (Å²) in [6.45, 7) is 0. The third kappa shape index (κ3) is 2.55. The van der Waals surface area contributed by atoms with E-state index in [9.17, 15) is 23.8 Å². The second-order valence-electron chi connectivity index (χ2n) is 4.38. The summed E-state index contributed by atoms with van der Waals surface area (Å²) in [7, 11) is 0. The molecule has 1 aromatic heterocycles. The predicted octanol–water partition coefficient (Wildman–Crippen LogP) is 1.68. The van der Waals surface area contributed by atoms with E-state index in [4.69, 9.17) is 4.84 Å². The molecule has 1 fully saturated rings. The van der Waals surface area contributed by atoms with Crippen molar-refractivity contribution in [2.45, 2.75) is 31.6 Å². The highest BCUT2D eigenvalue weighted by Gasteiger charge is 2.38. The number of hydrogen-bond donors (Lipinski definition) is 2. The maximum atomic E-state index is 12.9. The molecule has 0 aromatic carbocycles. The molecule has 0 spiro atoms. The molecule has 1 saturated carbocycles. The van der Waals surface area contributed by atoms with Gasteiger partial charge >= 0.3 is 5.97 Å². The van der Waals surface area contributed by atoms with E-state index in [0.29, 0.717) is 4.73 Å². The van der Waals surface area contributed by atoms with Crippen LogP contribution >= 0.6 is 0 Å². The fourth-order valence-electron chi connectivity index (χ4n) is 1.94. The number of carbonyl (C=O) groups excluding carboxylic acids is 1. The molecule has 2 rings (SSSR count).